The minimum Gasteiger partial charge on any atom is -0.497 e. The number of methoxy groups -OCH3 is 1. The summed E-state index contributed by atoms with van der Waals surface area (Å²) in [5.74, 6) is 1.65. The van der Waals surface area contributed by atoms with Crippen LogP contribution in [0.2, 0.25) is 0 Å². The van der Waals surface area contributed by atoms with Crippen LogP contribution < -0.4 is 10.1 Å². The van der Waals surface area contributed by atoms with Crippen molar-refractivity contribution in [3.05, 3.63) is 52.2 Å². The number of rotatable bonds is 6. The van der Waals surface area contributed by atoms with E-state index in [0.29, 0.717) is 18.0 Å². The Morgan fingerprint density at radius 3 is 2.81 bits per heavy atom. The van der Waals surface area contributed by atoms with Gasteiger partial charge < -0.3 is 10.1 Å². The van der Waals surface area contributed by atoms with E-state index >= 15 is 0 Å². The Labute approximate surface area is 131 Å². The highest BCUT2D eigenvalue weighted by Gasteiger charge is 2.31. The second-order valence-electron chi connectivity index (χ2n) is 5.78. The first-order valence-corrected chi connectivity index (χ1v) is 8.61. The summed E-state index contributed by atoms with van der Waals surface area (Å²) >= 11 is 1.86. The van der Waals surface area contributed by atoms with Crippen LogP contribution in [-0.4, -0.2) is 13.2 Å². The van der Waals surface area contributed by atoms with Gasteiger partial charge in [0.15, 0.2) is 0 Å². The molecule has 0 aliphatic heterocycles. The van der Waals surface area contributed by atoms with Gasteiger partial charge in [0.05, 0.1) is 7.11 Å². The van der Waals surface area contributed by atoms with Gasteiger partial charge in [-0.05, 0) is 54.3 Å². The van der Waals surface area contributed by atoms with Crippen LogP contribution in [-0.2, 0) is 0 Å². The molecule has 1 fully saturated rings. The van der Waals surface area contributed by atoms with Crippen LogP contribution in [0.3, 0.4) is 0 Å². The molecule has 1 N–H and O–H groups in total. The van der Waals surface area contributed by atoms with Gasteiger partial charge in [0, 0.05) is 17.0 Å². The van der Waals surface area contributed by atoms with Crippen LogP contribution in [0.15, 0.2) is 41.8 Å². The van der Waals surface area contributed by atoms with E-state index in [4.69, 9.17) is 4.74 Å². The maximum absolute atomic E-state index is 5.32. The maximum Gasteiger partial charge on any atom is 0.119 e. The molecule has 1 aliphatic rings. The molecular weight excluding hydrogens is 278 g/mol. The van der Waals surface area contributed by atoms with E-state index in [1.807, 2.05) is 17.4 Å². The van der Waals surface area contributed by atoms with Gasteiger partial charge in [0.25, 0.3) is 0 Å². The van der Waals surface area contributed by atoms with Gasteiger partial charge in [0.2, 0.25) is 0 Å². The Bertz CT molecular complexity index is 560. The Morgan fingerprint density at radius 2 is 2.14 bits per heavy atom. The average molecular weight is 301 g/mol. The second kappa shape index (κ2) is 6.63. The summed E-state index contributed by atoms with van der Waals surface area (Å²) in [6, 6.07) is 14.1. The number of ether oxygens (including phenoxy) is 1. The van der Waals surface area contributed by atoms with Crippen molar-refractivity contribution < 1.29 is 4.74 Å². The summed E-state index contributed by atoms with van der Waals surface area (Å²) in [4.78, 5) is 1.46. The quantitative estimate of drug-likeness (QED) is 0.832. The lowest BCUT2D eigenvalue weighted by Gasteiger charge is -2.38. The van der Waals surface area contributed by atoms with E-state index in [1.54, 1.807) is 7.11 Å². The van der Waals surface area contributed by atoms with Gasteiger partial charge in [-0.25, -0.2) is 0 Å². The monoisotopic (exact) mass is 301 g/mol. The minimum atomic E-state index is 0.515. The largest absolute Gasteiger partial charge is 0.497 e. The van der Waals surface area contributed by atoms with Gasteiger partial charge in [0.1, 0.15) is 5.75 Å². The fourth-order valence-corrected chi connectivity index (χ4v) is 3.97. The van der Waals surface area contributed by atoms with Gasteiger partial charge in [-0.15, -0.1) is 11.3 Å². The summed E-state index contributed by atoms with van der Waals surface area (Å²) in [7, 11) is 1.73. The van der Waals surface area contributed by atoms with E-state index in [-0.39, 0.29) is 0 Å². The van der Waals surface area contributed by atoms with Crippen LogP contribution in [0.1, 0.15) is 48.6 Å². The Hall–Kier alpha value is -1.32. The Morgan fingerprint density at radius 1 is 1.29 bits per heavy atom. The third kappa shape index (κ3) is 3.30. The molecule has 0 saturated heterocycles. The zero-order valence-electron chi connectivity index (χ0n) is 12.7. The number of hydrogen-bond donors (Lipinski definition) is 1. The van der Waals surface area contributed by atoms with Crippen molar-refractivity contribution in [3.63, 3.8) is 0 Å². The van der Waals surface area contributed by atoms with Crippen LogP contribution >= 0.6 is 11.3 Å². The van der Waals surface area contributed by atoms with Crippen molar-refractivity contribution in [1.82, 2.24) is 5.32 Å². The van der Waals surface area contributed by atoms with Crippen molar-refractivity contribution in [1.29, 1.82) is 0 Å². The summed E-state index contributed by atoms with van der Waals surface area (Å²) in [6.45, 7) is 2.26. The van der Waals surface area contributed by atoms with E-state index < -0.39 is 0 Å². The molecule has 0 bridgehead atoms. The lowest BCUT2D eigenvalue weighted by atomic mass is 9.75. The summed E-state index contributed by atoms with van der Waals surface area (Å²) in [5, 5.41) is 5.98. The van der Waals surface area contributed by atoms with Crippen molar-refractivity contribution in [2.45, 2.75) is 44.2 Å². The molecule has 112 valence electrons. The highest BCUT2D eigenvalue weighted by molar-refractivity contribution is 7.10. The van der Waals surface area contributed by atoms with Crippen molar-refractivity contribution in [3.8, 4) is 5.75 Å². The van der Waals surface area contributed by atoms with E-state index in [2.05, 4.69) is 48.0 Å². The molecule has 0 radical (unpaired) electrons. The van der Waals surface area contributed by atoms with Crippen molar-refractivity contribution in [2.75, 3.05) is 7.11 Å². The molecule has 1 aromatic heterocycles. The summed E-state index contributed by atoms with van der Waals surface area (Å²) in [5.41, 5.74) is 1.41. The third-order valence-corrected chi connectivity index (χ3v) is 5.42. The Balaban J connectivity index is 1.55. The van der Waals surface area contributed by atoms with E-state index in [9.17, 15) is 0 Å². The number of nitrogens with one attached hydrogen (secondary N) is 1. The van der Waals surface area contributed by atoms with Gasteiger partial charge >= 0.3 is 0 Å². The third-order valence-electron chi connectivity index (χ3n) is 4.44. The molecule has 3 heteroatoms. The highest BCUT2D eigenvalue weighted by Crippen LogP contribution is 2.39. The molecule has 1 saturated carbocycles. The maximum atomic E-state index is 5.32. The lowest BCUT2D eigenvalue weighted by Crippen LogP contribution is -2.41. The first-order chi connectivity index (χ1) is 10.3. The fourth-order valence-electron chi connectivity index (χ4n) is 3.10. The zero-order valence-corrected chi connectivity index (χ0v) is 13.5. The topological polar surface area (TPSA) is 21.3 Å². The predicted molar refractivity (Wildman–Crippen MR) is 89.2 cm³/mol. The first-order valence-electron chi connectivity index (χ1n) is 7.73. The molecule has 2 nitrogen and oxygen atoms in total. The molecule has 0 spiro atoms. The second-order valence-corrected chi connectivity index (χ2v) is 6.76. The highest BCUT2D eigenvalue weighted by atomic mass is 32.1. The molecule has 1 unspecified atom stereocenters. The number of benzene rings is 1. The SMILES string of the molecule is CCC(NC1CC(c2cccc(OC)c2)C1)c1cccs1. The average Bonchev–Trinajstić information content (AvgIpc) is 3.00. The normalized spacial score (nSPS) is 22.6. The standard InChI is InChI=1S/C18H23NOS/c1-3-17(18-8-5-9-21-18)19-15-10-14(11-15)13-6-4-7-16(12-13)20-2/h4-9,12,14-15,17,19H,3,10-11H2,1-2H3. The van der Waals surface area contributed by atoms with E-state index in [0.717, 1.165) is 12.2 Å². The van der Waals surface area contributed by atoms with E-state index in [1.165, 1.54) is 23.3 Å². The molecule has 21 heavy (non-hydrogen) atoms. The number of thiophene rings is 1. The van der Waals surface area contributed by atoms with Crippen LogP contribution in [0, 0.1) is 0 Å². The van der Waals surface area contributed by atoms with Gasteiger partial charge in [-0.3, -0.25) is 0 Å². The zero-order chi connectivity index (χ0) is 14.7. The molecule has 1 heterocycles. The molecule has 3 rings (SSSR count). The molecule has 0 amide bonds. The molecule has 2 aromatic rings. The van der Waals surface area contributed by atoms with Crippen LogP contribution in [0.5, 0.6) is 5.75 Å². The molecule has 1 aromatic carbocycles. The van der Waals surface area contributed by atoms with Crippen molar-refractivity contribution in [2.24, 2.45) is 0 Å². The smallest absolute Gasteiger partial charge is 0.119 e. The number of hydrogen-bond acceptors (Lipinski definition) is 3. The van der Waals surface area contributed by atoms with Crippen LogP contribution in [0.25, 0.3) is 0 Å². The minimum absolute atomic E-state index is 0.515. The first kappa shape index (κ1) is 14.6. The van der Waals surface area contributed by atoms with Crippen LogP contribution in [0.4, 0.5) is 0 Å². The van der Waals surface area contributed by atoms with Crippen molar-refractivity contribution >= 4 is 11.3 Å². The van der Waals surface area contributed by atoms with Gasteiger partial charge in [-0.2, -0.15) is 0 Å². The molecular formula is C18H23NOS. The lowest BCUT2D eigenvalue weighted by molar-refractivity contribution is 0.263. The fraction of sp³-hybridized carbons (Fsp3) is 0.444. The molecule has 1 atom stereocenters. The summed E-state index contributed by atoms with van der Waals surface area (Å²) in [6.07, 6.45) is 3.62. The van der Waals surface area contributed by atoms with Gasteiger partial charge in [-0.1, -0.05) is 25.1 Å². The summed E-state index contributed by atoms with van der Waals surface area (Å²) < 4.78 is 5.32. The predicted octanol–water partition coefficient (Wildman–Crippen LogP) is 4.74. The molecule has 1 aliphatic carbocycles. The Kier molecular flexibility index (Phi) is 4.61.